The fraction of sp³-hybridized carbons (Fsp3) is 0.174. The third-order valence-corrected chi connectivity index (χ3v) is 5.41. The molecule has 0 saturated carbocycles. The summed E-state index contributed by atoms with van der Waals surface area (Å²) in [5.41, 5.74) is 7.20. The highest BCUT2D eigenvalue weighted by Gasteiger charge is 2.19. The summed E-state index contributed by atoms with van der Waals surface area (Å²) in [6.45, 7) is 6.48. The van der Waals surface area contributed by atoms with E-state index in [-0.39, 0.29) is 0 Å². The lowest BCUT2D eigenvalue weighted by Gasteiger charge is -2.07. The molecule has 0 aliphatic heterocycles. The quantitative estimate of drug-likeness (QED) is 0.438. The van der Waals surface area contributed by atoms with Crippen molar-refractivity contribution in [3.63, 3.8) is 0 Å². The Hall–Kier alpha value is -3.36. The van der Waals surface area contributed by atoms with Gasteiger partial charge < -0.3 is 4.52 Å². The molecule has 6 heteroatoms. The highest BCUT2D eigenvalue weighted by Crippen LogP contribution is 2.32. The Bertz CT molecular complexity index is 1230. The van der Waals surface area contributed by atoms with Crippen LogP contribution in [-0.4, -0.2) is 14.9 Å². The average Bonchev–Trinajstić information content (AvgIpc) is 3.22. The molecule has 0 spiro atoms. The molecule has 0 saturated heterocycles. The maximum Gasteiger partial charge on any atom is 0.139 e. The van der Waals surface area contributed by atoms with Gasteiger partial charge in [-0.1, -0.05) is 53.2 Å². The molecule has 0 radical (unpaired) electrons. The minimum atomic E-state index is 0.442. The fourth-order valence-corrected chi connectivity index (χ4v) is 3.80. The van der Waals surface area contributed by atoms with Gasteiger partial charge in [-0.05, 0) is 38.5 Å². The maximum absolute atomic E-state index is 9.12. The second-order valence-electron chi connectivity index (χ2n) is 6.94. The summed E-state index contributed by atoms with van der Waals surface area (Å²) in [6.07, 6.45) is 0. The first-order chi connectivity index (χ1) is 14.0. The second kappa shape index (κ2) is 7.57. The van der Waals surface area contributed by atoms with Crippen molar-refractivity contribution in [3.05, 3.63) is 81.8 Å². The van der Waals surface area contributed by atoms with E-state index in [1.54, 1.807) is 6.07 Å². The number of hydrogen-bond donors (Lipinski definition) is 0. The van der Waals surface area contributed by atoms with E-state index in [1.807, 2.05) is 67.9 Å². The number of aromatic nitrogens is 3. The number of nitrogens with zero attached hydrogens (tertiary/aromatic N) is 4. The largest absolute Gasteiger partial charge is 0.361 e. The van der Waals surface area contributed by atoms with Gasteiger partial charge in [-0.3, -0.25) is 4.68 Å². The molecule has 0 unspecified atom stereocenters. The van der Waals surface area contributed by atoms with Crippen LogP contribution in [-0.2, 0) is 6.54 Å². The molecule has 0 aliphatic carbocycles. The zero-order chi connectivity index (χ0) is 20.5. The number of halogens is 1. The third-order valence-electron chi connectivity index (χ3n) is 5.10. The SMILES string of the molecule is Cc1nn(Cc2c(-c3ccccc3)noc2C)c(C)c1-c1ccc(C#N)c(Cl)c1. The Morgan fingerprint density at radius 3 is 2.52 bits per heavy atom. The maximum atomic E-state index is 9.12. The van der Waals surface area contributed by atoms with E-state index in [4.69, 9.17) is 26.5 Å². The topological polar surface area (TPSA) is 67.6 Å². The van der Waals surface area contributed by atoms with Gasteiger partial charge in [-0.15, -0.1) is 0 Å². The highest BCUT2D eigenvalue weighted by molar-refractivity contribution is 6.32. The van der Waals surface area contributed by atoms with E-state index in [0.29, 0.717) is 17.1 Å². The van der Waals surface area contributed by atoms with Crippen LogP contribution in [0.1, 0.15) is 28.3 Å². The van der Waals surface area contributed by atoms with Crippen LogP contribution >= 0.6 is 11.6 Å². The van der Waals surface area contributed by atoms with Gasteiger partial charge in [0.2, 0.25) is 0 Å². The van der Waals surface area contributed by atoms with Gasteiger partial charge in [-0.2, -0.15) is 10.4 Å². The molecule has 144 valence electrons. The van der Waals surface area contributed by atoms with E-state index in [9.17, 15) is 0 Å². The molecular formula is C23H19ClN4O. The number of hydrogen-bond acceptors (Lipinski definition) is 4. The van der Waals surface area contributed by atoms with Crippen molar-refractivity contribution in [2.45, 2.75) is 27.3 Å². The summed E-state index contributed by atoms with van der Waals surface area (Å²) in [6, 6.07) is 17.6. The van der Waals surface area contributed by atoms with Gasteiger partial charge in [0.1, 0.15) is 17.5 Å². The van der Waals surface area contributed by atoms with Crippen molar-refractivity contribution >= 4 is 11.6 Å². The van der Waals surface area contributed by atoms with Crippen LogP contribution in [0.2, 0.25) is 5.02 Å². The first kappa shape index (κ1) is 19.0. The molecule has 0 fully saturated rings. The van der Waals surface area contributed by atoms with Gasteiger partial charge in [0, 0.05) is 22.4 Å². The number of benzene rings is 2. The van der Waals surface area contributed by atoms with Crippen LogP contribution < -0.4 is 0 Å². The fourth-order valence-electron chi connectivity index (χ4n) is 3.58. The van der Waals surface area contributed by atoms with Crippen molar-refractivity contribution in [3.8, 4) is 28.5 Å². The lowest BCUT2D eigenvalue weighted by Crippen LogP contribution is -2.05. The zero-order valence-corrected chi connectivity index (χ0v) is 17.2. The smallest absolute Gasteiger partial charge is 0.139 e. The van der Waals surface area contributed by atoms with Crippen molar-refractivity contribution in [2.75, 3.05) is 0 Å². The normalized spacial score (nSPS) is 10.9. The van der Waals surface area contributed by atoms with E-state index in [2.05, 4.69) is 11.2 Å². The Kier molecular flexibility index (Phi) is 4.96. The van der Waals surface area contributed by atoms with E-state index in [0.717, 1.165) is 45.1 Å². The van der Waals surface area contributed by atoms with Crippen LogP contribution in [0.15, 0.2) is 53.1 Å². The van der Waals surface area contributed by atoms with Crippen molar-refractivity contribution in [2.24, 2.45) is 0 Å². The van der Waals surface area contributed by atoms with E-state index < -0.39 is 0 Å². The summed E-state index contributed by atoms with van der Waals surface area (Å²) in [5, 5.41) is 18.6. The Morgan fingerprint density at radius 1 is 1.07 bits per heavy atom. The van der Waals surface area contributed by atoms with Gasteiger partial charge in [0.25, 0.3) is 0 Å². The molecule has 0 bridgehead atoms. The van der Waals surface area contributed by atoms with Crippen LogP contribution in [0, 0.1) is 32.1 Å². The predicted octanol–water partition coefficient (Wildman–Crippen LogP) is 5.70. The predicted molar refractivity (Wildman–Crippen MR) is 113 cm³/mol. The lowest BCUT2D eigenvalue weighted by molar-refractivity contribution is 0.397. The Balaban J connectivity index is 1.75. The van der Waals surface area contributed by atoms with Gasteiger partial charge in [0.05, 0.1) is 22.8 Å². The van der Waals surface area contributed by atoms with Gasteiger partial charge >= 0.3 is 0 Å². The summed E-state index contributed by atoms with van der Waals surface area (Å²) in [4.78, 5) is 0. The highest BCUT2D eigenvalue weighted by atomic mass is 35.5. The zero-order valence-electron chi connectivity index (χ0n) is 16.4. The lowest BCUT2D eigenvalue weighted by atomic mass is 10.0. The third kappa shape index (κ3) is 3.43. The summed E-state index contributed by atoms with van der Waals surface area (Å²) >= 11 is 6.25. The van der Waals surface area contributed by atoms with Gasteiger partial charge in [-0.25, -0.2) is 0 Å². The molecule has 0 N–H and O–H groups in total. The molecule has 2 heterocycles. The standard InChI is InChI=1S/C23H19ClN4O/c1-14-22(18-9-10-19(12-25)21(24)11-18)15(2)28(26-14)13-20-16(3)29-27-23(20)17-7-5-4-6-8-17/h4-11H,13H2,1-3H3. The molecule has 2 aromatic carbocycles. The first-order valence-electron chi connectivity index (χ1n) is 9.24. The van der Waals surface area contributed by atoms with Crippen LogP contribution in [0.25, 0.3) is 22.4 Å². The number of nitriles is 1. The van der Waals surface area contributed by atoms with Crippen molar-refractivity contribution in [1.29, 1.82) is 5.26 Å². The molecule has 4 rings (SSSR count). The first-order valence-corrected chi connectivity index (χ1v) is 9.62. The molecular weight excluding hydrogens is 384 g/mol. The van der Waals surface area contributed by atoms with Crippen LogP contribution in [0.5, 0.6) is 0 Å². The minimum absolute atomic E-state index is 0.442. The Morgan fingerprint density at radius 2 is 1.83 bits per heavy atom. The number of aryl methyl sites for hydroxylation is 2. The average molecular weight is 403 g/mol. The minimum Gasteiger partial charge on any atom is -0.361 e. The molecule has 5 nitrogen and oxygen atoms in total. The number of rotatable bonds is 4. The molecule has 0 aliphatic rings. The molecule has 0 atom stereocenters. The Labute approximate surface area is 174 Å². The molecule has 4 aromatic rings. The molecule has 29 heavy (non-hydrogen) atoms. The molecule has 0 amide bonds. The van der Waals surface area contributed by atoms with E-state index >= 15 is 0 Å². The second-order valence-corrected chi connectivity index (χ2v) is 7.35. The van der Waals surface area contributed by atoms with Crippen molar-refractivity contribution < 1.29 is 4.52 Å². The summed E-state index contributed by atoms with van der Waals surface area (Å²) in [7, 11) is 0. The van der Waals surface area contributed by atoms with Crippen molar-refractivity contribution in [1.82, 2.24) is 14.9 Å². The summed E-state index contributed by atoms with van der Waals surface area (Å²) < 4.78 is 7.45. The molecule has 2 aromatic heterocycles. The van der Waals surface area contributed by atoms with Crippen LogP contribution in [0.4, 0.5) is 0 Å². The van der Waals surface area contributed by atoms with Gasteiger partial charge in [0.15, 0.2) is 0 Å². The van der Waals surface area contributed by atoms with E-state index in [1.165, 1.54) is 0 Å². The summed E-state index contributed by atoms with van der Waals surface area (Å²) in [5.74, 6) is 0.777. The monoisotopic (exact) mass is 402 g/mol. The van der Waals surface area contributed by atoms with Crippen LogP contribution in [0.3, 0.4) is 0 Å².